The number of hydrogen-bond donors (Lipinski definition) is 2. The Morgan fingerprint density at radius 2 is 2.50 bits per heavy atom. The van der Waals surface area contributed by atoms with Gasteiger partial charge in [-0.1, -0.05) is 4.49 Å². The van der Waals surface area contributed by atoms with Crippen LogP contribution < -0.4 is 5.73 Å². The third-order valence-electron chi connectivity index (χ3n) is 0.721. The third-order valence-corrected chi connectivity index (χ3v) is 1.98. The SMILES string of the molecule is NCc1snnc1S. The standard InChI is InChI=1S/C3H5N3S2/c4-1-2-3(7)5-6-8-2/h7H,1,4H2. The molecule has 0 fully saturated rings. The second-order valence-corrected chi connectivity index (χ2v) is 2.49. The summed E-state index contributed by atoms with van der Waals surface area (Å²) in [4.78, 5) is 0.938. The highest BCUT2D eigenvalue weighted by atomic mass is 32.1. The van der Waals surface area contributed by atoms with Crippen molar-refractivity contribution in [2.24, 2.45) is 5.73 Å². The van der Waals surface area contributed by atoms with Gasteiger partial charge in [-0.15, -0.1) is 17.7 Å². The molecular weight excluding hydrogens is 142 g/mol. The van der Waals surface area contributed by atoms with Crippen LogP contribution in [0.2, 0.25) is 0 Å². The summed E-state index contributed by atoms with van der Waals surface area (Å²) in [6.07, 6.45) is 0. The van der Waals surface area contributed by atoms with Crippen LogP contribution in [-0.4, -0.2) is 9.59 Å². The Morgan fingerprint density at radius 1 is 1.75 bits per heavy atom. The molecule has 0 amide bonds. The lowest BCUT2D eigenvalue weighted by Gasteiger charge is -1.82. The number of hydrogen-bond acceptors (Lipinski definition) is 5. The van der Waals surface area contributed by atoms with E-state index in [9.17, 15) is 0 Å². The van der Waals surface area contributed by atoms with E-state index in [2.05, 4.69) is 22.2 Å². The van der Waals surface area contributed by atoms with Crippen molar-refractivity contribution in [1.29, 1.82) is 0 Å². The zero-order valence-corrected chi connectivity index (χ0v) is 5.75. The van der Waals surface area contributed by atoms with Crippen molar-refractivity contribution >= 4 is 24.2 Å². The van der Waals surface area contributed by atoms with Gasteiger partial charge in [0, 0.05) is 6.54 Å². The Balaban J connectivity index is 2.92. The van der Waals surface area contributed by atoms with E-state index in [1.807, 2.05) is 0 Å². The molecule has 44 valence electrons. The Morgan fingerprint density at radius 3 is 2.75 bits per heavy atom. The molecule has 0 saturated carbocycles. The summed E-state index contributed by atoms with van der Waals surface area (Å²) >= 11 is 5.27. The second-order valence-electron chi connectivity index (χ2n) is 1.22. The van der Waals surface area contributed by atoms with E-state index in [1.165, 1.54) is 11.5 Å². The fourth-order valence-corrected chi connectivity index (χ4v) is 1.07. The van der Waals surface area contributed by atoms with Gasteiger partial charge in [0.1, 0.15) is 5.03 Å². The van der Waals surface area contributed by atoms with E-state index < -0.39 is 0 Å². The van der Waals surface area contributed by atoms with E-state index in [0.29, 0.717) is 11.6 Å². The van der Waals surface area contributed by atoms with Crippen molar-refractivity contribution < 1.29 is 0 Å². The lowest BCUT2D eigenvalue weighted by molar-refractivity contribution is 0.976. The zero-order valence-electron chi connectivity index (χ0n) is 4.03. The summed E-state index contributed by atoms with van der Waals surface area (Å²) in [6.45, 7) is 0.483. The van der Waals surface area contributed by atoms with Crippen molar-refractivity contribution in [2.45, 2.75) is 11.6 Å². The van der Waals surface area contributed by atoms with Crippen LogP contribution in [0.3, 0.4) is 0 Å². The van der Waals surface area contributed by atoms with Crippen LogP contribution in [-0.2, 0) is 6.54 Å². The largest absolute Gasteiger partial charge is 0.326 e. The molecule has 1 aromatic rings. The molecule has 5 heteroatoms. The summed E-state index contributed by atoms with van der Waals surface area (Å²) in [5, 5.41) is 4.29. The molecule has 0 atom stereocenters. The van der Waals surface area contributed by atoms with Gasteiger partial charge in [0.25, 0.3) is 0 Å². The summed E-state index contributed by atoms with van der Waals surface area (Å²) in [5.41, 5.74) is 5.28. The maximum Gasteiger partial charge on any atom is 0.133 e. The molecule has 0 radical (unpaired) electrons. The Labute approximate surface area is 56.5 Å². The van der Waals surface area contributed by atoms with Crippen LogP contribution in [0, 0.1) is 0 Å². The van der Waals surface area contributed by atoms with Gasteiger partial charge in [-0.3, -0.25) is 0 Å². The first-order chi connectivity index (χ1) is 3.84. The van der Waals surface area contributed by atoms with Gasteiger partial charge in [0.2, 0.25) is 0 Å². The molecule has 0 aliphatic carbocycles. The molecule has 0 aromatic carbocycles. The normalized spacial score (nSPS) is 9.75. The first kappa shape index (κ1) is 6.00. The van der Waals surface area contributed by atoms with Gasteiger partial charge in [0.05, 0.1) is 4.88 Å². The summed E-state index contributed by atoms with van der Waals surface area (Å²) in [7, 11) is 0. The molecule has 1 heterocycles. The zero-order chi connectivity index (χ0) is 5.98. The van der Waals surface area contributed by atoms with E-state index in [4.69, 9.17) is 5.73 Å². The molecule has 3 nitrogen and oxygen atoms in total. The lowest BCUT2D eigenvalue weighted by atomic mass is 10.6. The monoisotopic (exact) mass is 147 g/mol. The van der Waals surface area contributed by atoms with E-state index >= 15 is 0 Å². The molecule has 1 rings (SSSR count). The van der Waals surface area contributed by atoms with Crippen molar-refractivity contribution in [1.82, 2.24) is 9.59 Å². The van der Waals surface area contributed by atoms with Gasteiger partial charge in [-0.25, -0.2) is 0 Å². The first-order valence-corrected chi connectivity index (χ1v) is 3.27. The molecule has 8 heavy (non-hydrogen) atoms. The maximum atomic E-state index is 5.28. The average molecular weight is 147 g/mol. The van der Waals surface area contributed by atoms with Gasteiger partial charge < -0.3 is 5.73 Å². The average Bonchev–Trinajstić information content (AvgIpc) is 2.14. The smallest absolute Gasteiger partial charge is 0.133 e. The number of nitrogens with two attached hydrogens (primary N) is 1. The van der Waals surface area contributed by atoms with Crippen LogP contribution in [0.15, 0.2) is 5.03 Å². The van der Waals surface area contributed by atoms with Crippen molar-refractivity contribution in [3.8, 4) is 0 Å². The quantitative estimate of drug-likeness (QED) is 0.561. The number of aromatic nitrogens is 2. The molecule has 0 aliphatic heterocycles. The van der Waals surface area contributed by atoms with Gasteiger partial charge in [-0.2, -0.15) is 0 Å². The summed E-state index contributed by atoms with van der Waals surface area (Å²) < 4.78 is 3.63. The van der Waals surface area contributed by atoms with Crippen LogP contribution in [0.1, 0.15) is 4.88 Å². The minimum absolute atomic E-state index is 0.483. The molecule has 0 bridgehead atoms. The van der Waals surface area contributed by atoms with Crippen LogP contribution >= 0.6 is 24.2 Å². The van der Waals surface area contributed by atoms with Gasteiger partial charge >= 0.3 is 0 Å². The van der Waals surface area contributed by atoms with E-state index in [-0.39, 0.29) is 0 Å². The topological polar surface area (TPSA) is 51.8 Å². The molecule has 2 N–H and O–H groups in total. The minimum atomic E-state index is 0.483. The van der Waals surface area contributed by atoms with Crippen molar-refractivity contribution in [3.05, 3.63) is 4.88 Å². The van der Waals surface area contributed by atoms with E-state index in [1.54, 1.807) is 0 Å². The Bertz CT molecular complexity index is 173. The Kier molecular flexibility index (Phi) is 1.82. The molecule has 0 unspecified atom stereocenters. The van der Waals surface area contributed by atoms with Crippen LogP contribution in [0.5, 0.6) is 0 Å². The van der Waals surface area contributed by atoms with Crippen molar-refractivity contribution in [2.75, 3.05) is 0 Å². The first-order valence-electron chi connectivity index (χ1n) is 2.05. The predicted molar refractivity (Wildman–Crippen MR) is 35.1 cm³/mol. The maximum absolute atomic E-state index is 5.28. The number of thiol groups is 1. The number of nitrogens with zero attached hydrogens (tertiary/aromatic N) is 2. The van der Waals surface area contributed by atoms with E-state index in [0.717, 1.165) is 4.88 Å². The highest BCUT2D eigenvalue weighted by Crippen LogP contribution is 2.11. The summed E-state index contributed by atoms with van der Waals surface area (Å²) in [6, 6.07) is 0. The molecule has 0 spiro atoms. The van der Waals surface area contributed by atoms with Crippen LogP contribution in [0.25, 0.3) is 0 Å². The minimum Gasteiger partial charge on any atom is -0.326 e. The Hall–Kier alpha value is -0.130. The summed E-state index contributed by atoms with van der Waals surface area (Å²) in [5.74, 6) is 0. The van der Waals surface area contributed by atoms with Crippen LogP contribution in [0.4, 0.5) is 0 Å². The molecule has 0 saturated heterocycles. The lowest BCUT2D eigenvalue weighted by Crippen LogP contribution is -1.93. The third kappa shape index (κ3) is 0.988. The highest BCUT2D eigenvalue weighted by molar-refractivity contribution is 7.80. The fourth-order valence-electron chi connectivity index (χ4n) is 0.334. The molecule has 1 aromatic heterocycles. The van der Waals surface area contributed by atoms with Gasteiger partial charge in [-0.05, 0) is 11.5 Å². The molecular formula is C3H5N3S2. The fraction of sp³-hybridized carbons (Fsp3) is 0.333. The second kappa shape index (κ2) is 2.43. The predicted octanol–water partition coefficient (Wildman–Crippen LogP) is 0.285. The van der Waals surface area contributed by atoms with Gasteiger partial charge in [0.15, 0.2) is 0 Å². The van der Waals surface area contributed by atoms with Crippen molar-refractivity contribution in [3.63, 3.8) is 0 Å². The number of rotatable bonds is 1. The molecule has 0 aliphatic rings. The highest BCUT2D eigenvalue weighted by Gasteiger charge is 1.98.